The molecular formula is C23H30N6O4S. The number of benzene rings is 1. The Morgan fingerprint density at radius 1 is 1.03 bits per heavy atom. The van der Waals surface area contributed by atoms with Gasteiger partial charge in [-0.25, -0.2) is 18.2 Å². The molecule has 0 bridgehead atoms. The Labute approximate surface area is 200 Å². The monoisotopic (exact) mass is 486 g/mol. The van der Waals surface area contributed by atoms with E-state index in [4.69, 9.17) is 0 Å². The van der Waals surface area contributed by atoms with E-state index >= 15 is 0 Å². The quantitative estimate of drug-likeness (QED) is 0.692. The largest absolute Gasteiger partial charge is 0.353 e. The van der Waals surface area contributed by atoms with Crippen LogP contribution in [0.3, 0.4) is 0 Å². The van der Waals surface area contributed by atoms with Crippen molar-refractivity contribution in [2.75, 3.05) is 67.1 Å². The van der Waals surface area contributed by atoms with Crippen LogP contribution in [0.15, 0.2) is 30.5 Å². The molecule has 0 aliphatic carbocycles. The maximum Gasteiger partial charge on any atom is 0.324 e. The Morgan fingerprint density at radius 2 is 1.74 bits per heavy atom. The smallest absolute Gasteiger partial charge is 0.324 e. The molecule has 0 saturated carbocycles. The molecule has 0 radical (unpaired) electrons. The number of nitrogens with zero attached hydrogens (tertiary/aromatic N) is 5. The van der Waals surface area contributed by atoms with Gasteiger partial charge in [-0.3, -0.25) is 14.4 Å². The SMILES string of the molecule is Cc1cnc(N2CCN(C(=O)c3ccc(N4CCN(C)C4=O)cc3NS(C)(=O)=O)CC2)c(C)c1. The van der Waals surface area contributed by atoms with Crippen LogP contribution in [-0.2, 0) is 10.0 Å². The van der Waals surface area contributed by atoms with Crippen molar-refractivity contribution in [3.05, 3.63) is 47.2 Å². The molecule has 1 N–H and O–H groups in total. The minimum absolute atomic E-state index is 0.166. The van der Waals surface area contributed by atoms with Crippen molar-refractivity contribution in [2.24, 2.45) is 0 Å². The number of nitrogens with one attached hydrogen (secondary N) is 1. The predicted octanol–water partition coefficient (Wildman–Crippen LogP) is 1.90. The number of hydrogen-bond donors (Lipinski definition) is 1. The highest BCUT2D eigenvalue weighted by atomic mass is 32.2. The number of amides is 3. The lowest BCUT2D eigenvalue weighted by molar-refractivity contribution is 0.0747. The lowest BCUT2D eigenvalue weighted by atomic mass is 10.1. The Bertz CT molecular complexity index is 1220. The van der Waals surface area contributed by atoms with Crippen molar-refractivity contribution in [1.29, 1.82) is 0 Å². The van der Waals surface area contributed by atoms with E-state index < -0.39 is 10.0 Å². The van der Waals surface area contributed by atoms with E-state index in [-0.39, 0.29) is 23.2 Å². The summed E-state index contributed by atoms with van der Waals surface area (Å²) in [6, 6.07) is 6.76. The Morgan fingerprint density at radius 3 is 2.32 bits per heavy atom. The zero-order valence-corrected chi connectivity index (χ0v) is 20.7. The number of anilines is 3. The van der Waals surface area contributed by atoms with Crippen molar-refractivity contribution in [1.82, 2.24) is 14.8 Å². The summed E-state index contributed by atoms with van der Waals surface area (Å²) in [5, 5.41) is 0. The number of urea groups is 1. The van der Waals surface area contributed by atoms with E-state index in [9.17, 15) is 18.0 Å². The first-order chi connectivity index (χ1) is 16.0. The molecule has 3 amide bonds. The lowest BCUT2D eigenvalue weighted by Crippen LogP contribution is -2.49. The molecule has 2 aromatic rings. The summed E-state index contributed by atoms with van der Waals surface area (Å²) in [4.78, 5) is 37.4. The first-order valence-corrected chi connectivity index (χ1v) is 13.0. The van der Waals surface area contributed by atoms with Crippen LogP contribution in [0.25, 0.3) is 0 Å². The summed E-state index contributed by atoms with van der Waals surface area (Å²) in [5.41, 5.74) is 3.17. The first-order valence-electron chi connectivity index (χ1n) is 11.2. The van der Waals surface area contributed by atoms with Gasteiger partial charge in [-0.05, 0) is 43.2 Å². The molecule has 34 heavy (non-hydrogen) atoms. The van der Waals surface area contributed by atoms with Gasteiger partial charge < -0.3 is 14.7 Å². The third-order valence-electron chi connectivity index (χ3n) is 6.11. The van der Waals surface area contributed by atoms with Gasteiger partial charge in [-0.2, -0.15) is 0 Å². The van der Waals surface area contributed by atoms with Gasteiger partial charge in [0.1, 0.15) is 5.82 Å². The number of aromatic nitrogens is 1. The second-order valence-electron chi connectivity index (χ2n) is 8.89. The summed E-state index contributed by atoms with van der Waals surface area (Å²) in [6.07, 6.45) is 2.88. The van der Waals surface area contributed by atoms with Crippen LogP contribution in [0.4, 0.5) is 22.0 Å². The zero-order chi connectivity index (χ0) is 24.6. The van der Waals surface area contributed by atoms with E-state index in [2.05, 4.69) is 20.7 Å². The van der Waals surface area contributed by atoms with E-state index in [1.807, 2.05) is 20.0 Å². The fraction of sp³-hybridized carbons (Fsp3) is 0.435. The Hall–Kier alpha value is -3.34. The summed E-state index contributed by atoms with van der Waals surface area (Å²) in [6.45, 7) is 7.34. The fourth-order valence-corrected chi connectivity index (χ4v) is 4.96. The van der Waals surface area contributed by atoms with Crippen LogP contribution in [0, 0.1) is 13.8 Å². The van der Waals surface area contributed by atoms with Crippen LogP contribution in [0.5, 0.6) is 0 Å². The molecule has 10 nitrogen and oxygen atoms in total. The van der Waals surface area contributed by atoms with Crippen molar-refractivity contribution < 1.29 is 18.0 Å². The van der Waals surface area contributed by atoms with Crippen LogP contribution in [-0.4, -0.2) is 87.7 Å². The van der Waals surface area contributed by atoms with Gasteiger partial charge in [-0.15, -0.1) is 0 Å². The number of hydrogen-bond acceptors (Lipinski definition) is 6. The van der Waals surface area contributed by atoms with Crippen LogP contribution >= 0.6 is 0 Å². The average Bonchev–Trinajstić information content (AvgIpc) is 3.11. The maximum atomic E-state index is 13.4. The first kappa shape index (κ1) is 23.8. The highest BCUT2D eigenvalue weighted by Crippen LogP contribution is 2.29. The topological polar surface area (TPSA) is 106 Å². The van der Waals surface area contributed by atoms with Gasteiger partial charge in [0.15, 0.2) is 0 Å². The van der Waals surface area contributed by atoms with Crippen molar-refractivity contribution >= 4 is 39.2 Å². The van der Waals surface area contributed by atoms with Gasteiger partial charge in [0, 0.05) is 58.2 Å². The number of carbonyl (C=O) groups excluding carboxylic acids is 2. The fourth-order valence-electron chi connectivity index (χ4n) is 4.39. The lowest BCUT2D eigenvalue weighted by Gasteiger charge is -2.36. The standard InChI is InChI=1S/C23H30N6O4S/c1-16-13-17(2)21(24-15-16)27-8-10-28(11-9-27)22(30)19-6-5-18(14-20(19)25-34(4,32)33)29-12-7-26(3)23(29)31/h5-6,13-15,25H,7-12H2,1-4H3. The van der Waals surface area contributed by atoms with Crippen molar-refractivity contribution in [2.45, 2.75) is 13.8 Å². The summed E-state index contributed by atoms with van der Waals surface area (Å²) in [5.74, 6) is 0.664. The Balaban J connectivity index is 1.54. The minimum Gasteiger partial charge on any atom is -0.353 e. The Kier molecular flexibility index (Phi) is 6.39. The third-order valence-corrected chi connectivity index (χ3v) is 6.70. The molecule has 2 fully saturated rings. The van der Waals surface area contributed by atoms with Crippen LogP contribution in [0.1, 0.15) is 21.5 Å². The molecule has 2 saturated heterocycles. The molecule has 11 heteroatoms. The van der Waals surface area contributed by atoms with Crippen LogP contribution in [0.2, 0.25) is 0 Å². The van der Waals surface area contributed by atoms with Gasteiger partial charge in [0.2, 0.25) is 10.0 Å². The number of piperazine rings is 1. The molecule has 0 atom stereocenters. The number of aryl methyl sites for hydroxylation is 2. The van der Waals surface area contributed by atoms with Gasteiger partial charge in [0.25, 0.3) is 5.91 Å². The van der Waals surface area contributed by atoms with Gasteiger partial charge in [0.05, 0.1) is 17.5 Å². The number of likely N-dealkylation sites (N-methyl/N-ethyl adjacent to an activating group) is 1. The normalized spacial score (nSPS) is 16.9. The second kappa shape index (κ2) is 9.13. The van der Waals surface area contributed by atoms with E-state index in [0.717, 1.165) is 23.2 Å². The third kappa shape index (κ3) is 4.93. The molecule has 0 spiro atoms. The maximum absolute atomic E-state index is 13.4. The predicted molar refractivity (Wildman–Crippen MR) is 132 cm³/mol. The van der Waals surface area contributed by atoms with Crippen LogP contribution < -0.4 is 14.5 Å². The molecule has 182 valence electrons. The average molecular weight is 487 g/mol. The highest BCUT2D eigenvalue weighted by Gasteiger charge is 2.29. The molecule has 1 aromatic heterocycles. The summed E-state index contributed by atoms with van der Waals surface area (Å²) in [7, 11) is -1.92. The molecule has 1 aromatic carbocycles. The highest BCUT2D eigenvalue weighted by molar-refractivity contribution is 7.92. The second-order valence-corrected chi connectivity index (χ2v) is 10.6. The number of carbonyl (C=O) groups is 2. The number of pyridine rings is 1. The molecule has 2 aliphatic heterocycles. The molecular weight excluding hydrogens is 456 g/mol. The van der Waals surface area contributed by atoms with Gasteiger partial charge >= 0.3 is 6.03 Å². The van der Waals surface area contributed by atoms with Crippen molar-refractivity contribution in [3.8, 4) is 0 Å². The molecule has 0 unspecified atom stereocenters. The van der Waals surface area contributed by atoms with E-state index in [1.165, 1.54) is 0 Å². The van der Waals surface area contributed by atoms with E-state index in [0.29, 0.717) is 45.0 Å². The molecule has 2 aliphatic rings. The minimum atomic E-state index is -3.63. The van der Waals surface area contributed by atoms with Crippen molar-refractivity contribution in [3.63, 3.8) is 0 Å². The summed E-state index contributed by atoms with van der Waals surface area (Å²) >= 11 is 0. The zero-order valence-electron chi connectivity index (χ0n) is 19.9. The number of rotatable bonds is 5. The molecule has 3 heterocycles. The molecule has 4 rings (SSSR count). The van der Waals surface area contributed by atoms with E-state index in [1.54, 1.807) is 39.9 Å². The van der Waals surface area contributed by atoms with Gasteiger partial charge in [-0.1, -0.05) is 6.07 Å². The number of sulfonamides is 1. The summed E-state index contributed by atoms with van der Waals surface area (Å²) < 4.78 is 26.5.